The topological polar surface area (TPSA) is 58.4 Å². The molecule has 0 aliphatic carbocycles. The van der Waals surface area contributed by atoms with Crippen molar-refractivity contribution in [2.75, 3.05) is 18.4 Å². The van der Waals surface area contributed by atoms with E-state index < -0.39 is 5.54 Å². The normalized spacial score (nSPS) is 17.2. The Morgan fingerprint density at radius 2 is 1.68 bits per heavy atom. The van der Waals surface area contributed by atoms with Gasteiger partial charge in [0.05, 0.1) is 5.54 Å². The van der Waals surface area contributed by atoms with Gasteiger partial charge in [-0.05, 0) is 42.5 Å². The minimum atomic E-state index is -0.781. The lowest BCUT2D eigenvalue weighted by molar-refractivity contribution is -0.122. The van der Waals surface area contributed by atoms with Gasteiger partial charge < -0.3 is 11.1 Å². The molecule has 3 N–H and O–H groups in total. The number of hydrogen-bond acceptors (Lipinski definition) is 3. The highest BCUT2D eigenvalue weighted by atomic mass is 16.2. The minimum Gasteiger partial charge on any atom is -0.324 e. The first-order chi connectivity index (χ1) is 12.1. The molecule has 1 fully saturated rings. The third-order valence-corrected chi connectivity index (χ3v) is 5.07. The molecule has 25 heavy (non-hydrogen) atoms. The summed E-state index contributed by atoms with van der Waals surface area (Å²) in [5, 5.41) is 2.99. The maximum atomic E-state index is 12.7. The average molecular weight is 337 g/mol. The smallest absolute Gasteiger partial charge is 0.244 e. The number of nitrogens with zero attached hydrogens (tertiary/aromatic N) is 1. The molecule has 1 saturated heterocycles. The number of aryl methyl sites for hydroxylation is 1. The number of benzene rings is 2. The molecule has 0 saturated carbocycles. The van der Waals surface area contributed by atoms with Crippen LogP contribution >= 0.6 is 0 Å². The highest BCUT2D eigenvalue weighted by Crippen LogP contribution is 2.23. The summed E-state index contributed by atoms with van der Waals surface area (Å²) in [5.74, 6) is -0.0730. The van der Waals surface area contributed by atoms with Gasteiger partial charge in [-0.25, -0.2) is 0 Å². The largest absolute Gasteiger partial charge is 0.324 e. The van der Waals surface area contributed by atoms with Crippen LogP contribution < -0.4 is 11.1 Å². The summed E-state index contributed by atoms with van der Waals surface area (Å²) in [7, 11) is 0. The van der Waals surface area contributed by atoms with Crippen LogP contribution in [-0.2, 0) is 17.8 Å². The Kier molecular flexibility index (Phi) is 5.51. The van der Waals surface area contributed by atoms with E-state index in [9.17, 15) is 4.79 Å². The van der Waals surface area contributed by atoms with Crippen molar-refractivity contribution in [3.8, 4) is 0 Å². The SMILES string of the molecule is CCc1ccc(NC(=O)C2(N)CCN(Cc3ccccc3)CC2)cc1. The monoisotopic (exact) mass is 337 g/mol. The number of amides is 1. The van der Waals surface area contributed by atoms with E-state index in [1.807, 2.05) is 30.3 Å². The molecule has 1 amide bonds. The van der Waals surface area contributed by atoms with Gasteiger partial charge in [-0.3, -0.25) is 9.69 Å². The number of rotatable bonds is 5. The lowest BCUT2D eigenvalue weighted by Crippen LogP contribution is -2.57. The predicted molar refractivity (Wildman–Crippen MR) is 102 cm³/mol. The molecule has 0 atom stereocenters. The molecule has 1 aliphatic heterocycles. The van der Waals surface area contributed by atoms with E-state index in [2.05, 4.69) is 41.4 Å². The van der Waals surface area contributed by atoms with Crippen molar-refractivity contribution in [2.24, 2.45) is 5.73 Å². The number of carbonyl (C=O) groups is 1. The molecule has 4 nitrogen and oxygen atoms in total. The third kappa shape index (κ3) is 4.47. The van der Waals surface area contributed by atoms with Gasteiger partial charge in [0.25, 0.3) is 0 Å². The summed E-state index contributed by atoms with van der Waals surface area (Å²) in [6.07, 6.45) is 2.35. The molecule has 132 valence electrons. The van der Waals surface area contributed by atoms with Crippen LogP contribution in [0.3, 0.4) is 0 Å². The summed E-state index contributed by atoms with van der Waals surface area (Å²) in [5.41, 5.74) is 9.02. The fourth-order valence-electron chi connectivity index (χ4n) is 3.26. The zero-order valence-corrected chi connectivity index (χ0v) is 14.9. The maximum absolute atomic E-state index is 12.7. The molecule has 0 spiro atoms. The molecule has 2 aromatic carbocycles. The number of nitrogens with one attached hydrogen (secondary N) is 1. The lowest BCUT2D eigenvalue weighted by Gasteiger charge is -2.38. The van der Waals surface area contributed by atoms with Crippen molar-refractivity contribution in [1.29, 1.82) is 0 Å². The number of anilines is 1. The molecule has 0 radical (unpaired) electrons. The molecule has 4 heteroatoms. The van der Waals surface area contributed by atoms with Crippen LogP contribution in [0.4, 0.5) is 5.69 Å². The van der Waals surface area contributed by atoms with Crippen LogP contribution in [0, 0.1) is 0 Å². The molecule has 0 unspecified atom stereocenters. The van der Waals surface area contributed by atoms with Crippen molar-refractivity contribution < 1.29 is 4.79 Å². The number of piperidine rings is 1. The van der Waals surface area contributed by atoms with E-state index in [-0.39, 0.29) is 5.91 Å². The van der Waals surface area contributed by atoms with Crippen LogP contribution in [0.25, 0.3) is 0 Å². The molecule has 0 aromatic heterocycles. The molecule has 2 aromatic rings. The van der Waals surface area contributed by atoms with E-state index >= 15 is 0 Å². The van der Waals surface area contributed by atoms with Crippen molar-refractivity contribution in [2.45, 2.75) is 38.3 Å². The molecule has 0 bridgehead atoms. The first-order valence-electron chi connectivity index (χ1n) is 9.04. The number of carbonyl (C=O) groups excluding carboxylic acids is 1. The van der Waals surface area contributed by atoms with Crippen molar-refractivity contribution in [3.63, 3.8) is 0 Å². The van der Waals surface area contributed by atoms with Gasteiger partial charge >= 0.3 is 0 Å². The molecule has 1 heterocycles. The van der Waals surface area contributed by atoms with Crippen LogP contribution in [0.2, 0.25) is 0 Å². The van der Waals surface area contributed by atoms with Crippen LogP contribution in [-0.4, -0.2) is 29.4 Å². The highest BCUT2D eigenvalue weighted by Gasteiger charge is 2.37. The van der Waals surface area contributed by atoms with Crippen molar-refractivity contribution in [3.05, 3.63) is 65.7 Å². The van der Waals surface area contributed by atoms with Gasteiger partial charge in [0, 0.05) is 25.3 Å². The Labute approximate surface area is 150 Å². The Morgan fingerprint density at radius 1 is 1.04 bits per heavy atom. The van der Waals surface area contributed by atoms with E-state index in [1.165, 1.54) is 11.1 Å². The van der Waals surface area contributed by atoms with E-state index in [0.29, 0.717) is 12.8 Å². The van der Waals surface area contributed by atoms with Gasteiger partial charge in [0.15, 0.2) is 0 Å². The number of nitrogens with two attached hydrogens (primary N) is 1. The van der Waals surface area contributed by atoms with E-state index in [0.717, 1.165) is 31.7 Å². The third-order valence-electron chi connectivity index (χ3n) is 5.07. The van der Waals surface area contributed by atoms with Gasteiger partial charge in [0.2, 0.25) is 5.91 Å². The van der Waals surface area contributed by atoms with Gasteiger partial charge in [0.1, 0.15) is 0 Å². The predicted octanol–water partition coefficient (Wildman–Crippen LogP) is 3.18. The molecule has 3 rings (SSSR count). The van der Waals surface area contributed by atoms with Crippen LogP contribution in [0.1, 0.15) is 30.9 Å². The number of likely N-dealkylation sites (tertiary alicyclic amines) is 1. The second-order valence-corrected chi connectivity index (χ2v) is 6.92. The molecular weight excluding hydrogens is 310 g/mol. The second-order valence-electron chi connectivity index (χ2n) is 6.92. The Balaban J connectivity index is 1.54. The van der Waals surface area contributed by atoms with Crippen molar-refractivity contribution >= 4 is 11.6 Å². The quantitative estimate of drug-likeness (QED) is 0.881. The Hall–Kier alpha value is -2.17. The maximum Gasteiger partial charge on any atom is 0.244 e. The summed E-state index contributed by atoms with van der Waals surface area (Å²) in [4.78, 5) is 15.0. The highest BCUT2D eigenvalue weighted by molar-refractivity contribution is 5.98. The van der Waals surface area contributed by atoms with Crippen molar-refractivity contribution in [1.82, 2.24) is 4.90 Å². The molecule has 1 aliphatic rings. The molecular formula is C21H27N3O. The minimum absolute atomic E-state index is 0.0730. The Bertz CT molecular complexity index is 689. The summed E-state index contributed by atoms with van der Waals surface area (Å²) in [6, 6.07) is 18.4. The van der Waals surface area contributed by atoms with Gasteiger partial charge in [-0.15, -0.1) is 0 Å². The first kappa shape index (κ1) is 17.6. The first-order valence-corrected chi connectivity index (χ1v) is 9.04. The summed E-state index contributed by atoms with van der Waals surface area (Å²) < 4.78 is 0. The Morgan fingerprint density at radius 3 is 2.28 bits per heavy atom. The van der Waals surface area contributed by atoms with Gasteiger partial charge in [-0.2, -0.15) is 0 Å². The van der Waals surface area contributed by atoms with Crippen LogP contribution in [0.5, 0.6) is 0 Å². The zero-order chi connectivity index (χ0) is 17.7. The zero-order valence-electron chi connectivity index (χ0n) is 14.9. The average Bonchev–Trinajstić information content (AvgIpc) is 2.65. The number of hydrogen-bond donors (Lipinski definition) is 2. The van der Waals surface area contributed by atoms with Crippen LogP contribution in [0.15, 0.2) is 54.6 Å². The lowest BCUT2D eigenvalue weighted by atomic mass is 9.87. The standard InChI is InChI=1S/C21H27N3O/c1-2-17-8-10-19(11-9-17)23-20(25)21(22)12-14-24(15-13-21)16-18-6-4-3-5-7-18/h3-11H,2,12-16,22H2,1H3,(H,23,25). The van der Waals surface area contributed by atoms with Gasteiger partial charge in [-0.1, -0.05) is 49.4 Å². The summed E-state index contributed by atoms with van der Waals surface area (Å²) in [6.45, 7) is 4.71. The fraction of sp³-hybridized carbons (Fsp3) is 0.381. The fourth-order valence-corrected chi connectivity index (χ4v) is 3.26. The second kappa shape index (κ2) is 7.81. The van der Waals surface area contributed by atoms with E-state index in [1.54, 1.807) is 0 Å². The van der Waals surface area contributed by atoms with E-state index in [4.69, 9.17) is 5.73 Å². The summed E-state index contributed by atoms with van der Waals surface area (Å²) >= 11 is 0.